The molecule has 1 saturated heterocycles. The molecule has 9 heavy (non-hydrogen) atoms. The van der Waals surface area contributed by atoms with Crippen molar-refractivity contribution in [1.82, 2.24) is 0 Å². The molecule has 1 rings (SSSR count). The molecule has 1 aliphatic heterocycles. The molecule has 1 aliphatic rings. The lowest BCUT2D eigenvalue weighted by atomic mass is 10.2. The zero-order valence-electron chi connectivity index (χ0n) is 5.51. The van der Waals surface area contributed by atoms with Crippen LogP contribution < -0.4 is 0 Å². The van der Waals surface area contributed by atoms with E-state index in [-0.39, 0.29) is 0 Å². The van der Waals surface area contributed by atoms with Gasteiger partial charge in [-0.05, 0) is 19.3 Å². The van der Waals surface area contributed by atoms with Crippen LogP contribution in [0.1, 0.15) is 19.3 Å². The third-order valence-corrected chi connectivity index (χ3v) is 3.54. The summed E-state index contributed by atoms with van der Waals surface area (Å²) < 4.78 is 11.0. The summed E-state index contributed by atoms with van der Waals surface area (Å²) >= 11 is 0. The second kappa shape index (κ2) is 3.16. The van der Waals surface area contributed by atoms with Crippen molar-refractivity contribution in [2.45, 2.75) is 24.5 Å². The van der Waals surface area contributed by atoms with E-state index >= 15 is 0 Å². The van der Waals surface area contributed by atoms with E-state index in [0.717, 1.165) is 25.0 Å². The van der Waals surface area contributed by atoms with Crippen LogP contribution in [0.4, 0.5) is 0 Å². The van der Waals surface area contributed by atoms with Gasteiger partial charge in [-0.25, -0.2) is 0 Å². The third kappa shape index (κ3) is 1.65. The van der Waals surface area contributed by atoms with Crippen molar-refractivity contribution in [3.8, 4) is 0 Å². The zero-order valence-corrected chi connectivity index (χ0v) is 6.32. The van der Waals surface area contributed by atoms with Gasteiger partial charge in [0.25, 0.3) is 0 Å². The fourth-order valence-corrected chi connectivity index (χ4v) is 2.73. The van der Waals surface area contributed by atoms with Gasteiger partial charge < -0.3 is 0 Å². The van der Waals surface area contributed by atoms with Crippen molar-refractivity contribution in [1.29, 1.82) is 0 Å². The van der Waals surface area contributed by atoms with Gasteiger partial charge in [0.2, 0.25) is 0 Å². The van der Waals surface area contributed by atoms with Crippen LogP contribution in [0, 0.1) is 0 Å². The van der Waals surface area contributed by atoms with Crippen molar-refractivity contribution < 1.29 is 4.21 Å². The number of allylic oxidation sites excluding steroid dienone is 1. The van der Waals surface area contributed by atoms with E-state index in [1.165, 1.54) is 0 Å². The Bertz CT molecular complexity index is 131. The highest BCUT2D eigenvalue weighted by Crippen LogP contribution is 2.18. The highest BCUT2D eigenvalue weighted by molar-refractivity contribution is 7.85. The average molecular weight is 144 g/mol. The SMILES string of the molecule is C=CC[C@@H]1CCCS1=O. The fraction of sp³-hybridized carbons (Fsp3) is 0.714. The molecule has 0 aromatic heterocycles. The van der Waals surface area contributed by atoms with Crippen molar-refractivity contribution in [3.05, 3.63) is 12.7 Å². The van der Waals surface area contributed by atoms with Crippen molar-refractivity contribution >= 4 is 10.8 Å². The molecule has 2 heteroatoms. The van der Waals surface area contributed by atoms with Crippen LogP contribution in [0.2, 0.25) is 0 Å². The molecule has 0 N–H and O–H groups in total. The molecule has 1 nitrogen and oxygen atoms in total. The minimum absolute atomic E-state index is 0.433. The summed E-state index contributed by atoms with van der Waals surface area (Å²) in [6.07, 6.45) is 5.09. The predicted octanol–water partition coefficient (Wildman–Crippen LogP) is 1.47. The van der Waals surface area contributed by atoms with Gasteiger partial charge >= 0.3 is 0 Å². The lowest BCUT2D eigenvalue weighted by Crippen LogP contribution is -2.06. The lowest BCUT2D eigenvalue weighted by molar-refractivity contribution is 0.676. The fourth-order valence-electron chi connectivity index (χ4n) is 1.16. The first-order valence-corrected chi connectivity index (χ1v) is 4.71. The first-order valence-electron chi connectivity index (χ1n) is 3.32. The van der Waals surface area contributed by atoms with Gasteiger partial charge in [-0.2, -0.15) is 0 Å². The summed E-state index contributed by atoms with van der Waals surface area (Å²) in [5.74, 6) is 0.915. The summed E-state index contributed by atoms with van der Waals surface area (Å²) in [5, 5.41) is 0.433. The summed E-state index contributed by atoms with van der Waals surface area (Å²) in [5.41, 5.74) is 0. The average Bonchev–Trinajstić information content (AvgIpc) is 2.18. The lowest BCUT2D eigenvalue weighted by Gasteiger charge is -2.01. The quantitative estimate of drug-likeness (QED) is 0.536. The molecule has 0 saturated carbocycles. The van der Waals surface area contributed by atoms with Crippen LogP contribution in [0.25, 0.3) is 0 Å². The van der Waals surface area contributed by atoms with Crippen LogP contribution in [-0.4, -0.2) is 15.2 Å². The molecular formula is C7H12OS. The Kier molecular flexibility index (Phi) is 2.46. The molecule has 0 radical (unpaired) electrons. The second-order valence-electron chi connectivity index (χ2n) is 2.37. The maximum atomic E-state index is 11.0. The van der Waals surface area contributed by atoms with E-state index in [4.69, 9.17) is 0 Å². The van der Waals surface area contributed by atoms with Gasteiger partial charge in [-0.15, -0.1) is 6.58 Å². The van der Waals surface area contributed by atoms with Gasteiger partial charge in [0.05, 0.1) is 0 Å². The van der Waals surface area contributed by atoms with E-state index in [0.29, 0.717) is 5.25 Å². The monoisotopic (exact) mass is 144 g/mol. The molecule has 52 valence electrons. The molecule has 1 fully saturated rings. The van der Waals surface area contributed by atoms with Crippen molar-refractivity contribution in [3.63, 3.8) is 0 Å². The first kappa shape index (κ1) is 7.00. The number of hydrogen-bond acceptors (Lipinski definition) is 1. The van der Waals surface area contributed by atoms with Gasteiger partial charge in [0, 0.05) is 21.8 Å². The van der Waals surface area contributed by atoms with Gasteiger partial charge in [-0.1, -0.05) is 6.08 Å². The largest absolute Gasteiger partial charge is 0.259 e. The molecule has 2 atom stereocenters. The summed E-state index contributed by atoms with van der Waals surface area (Å²) in [7, 11) is -0.532. The van der Waals surface area contributed by atoms with E-state index in [1.54, 1.807) is 0 Å². The van der Waals surface area contributed by atoms with Crippen LogP contribution in [0.5, 0.6) is 0 Å². The number of hydrogen-bond donors (Lipinski definition) is 0. The number of rotatable bonds is 2. The van der Waals surface area contributed by atoms with Gasteiger partial charge in [0.1, 0.15) is 0 Å². The Morgan fingerprint density at radius 3 is 3.00 bits per heavy atom. The predicted molar refractivity (Wildman–Crippen MR) is 40.8 cm³/mol. The summed E-state index contributed by atoms with van der Waals surface area (Å²) in [6.45, 7) is 3.62. The van der Waals surface area contributed by atoms with Crippen LogP contribution >= 0.6 is 0 Å². The van der Waals surface area contributed by atoms with Crippen molar-refractivity contribution in [2.24, 2.45) is 0 Å². The Labute approximate surface area is 58.6 Å². The topological polar surface area (TPSA) is 17.1 Å². The maximum absolute atomic E-state index is 11.0. The second-order valence-corrected chi connectivity index (χ2v) is 4.21. The van der Waals surface area contributed by atoms with Gasteiger partial charge in [0.15, 0.2) is 0 Å². The minimum atomic E-state index is -0.532. The van der Waals surface area contributed by atoms with Crippen LogP contribution in [0.15, 0.2) is 12.7 Å². The molecular weight excluding hydrogens is 132 g/mol. The summed E-state index contributed by atoms with van der Waals surface area (Å²) in [4.78, 5) is 0. The van der Waals surface area contributed by atoms with Gasteiger partial charge in [-0.3, -0.25) is 4.21 Å². The van der Waals surface area contributed by atoms with Crippen LogP contribution in [0.3, 0.4) is 0 Å². The highest BCUT2D eigenvalue weighted by atomic mass is 32.2. The zero-order chi connectivity index (χ0) is 6.69. The molecule has 1 unspecified atom stereocenters. The molecule has 0 amide bonds. The maximum Gasteiger partial charge on any atom is 0.0382 e. The van der Waals surface area contributed by atoms with Crippen molar-refractivity contribution in [2.75, 3.05) is 5.75 Å². The Morgan fingerprint density at radius 2 is 2.56 bits per heavy atom. The van der Waals surface area contributed by atoms with E-state index in [2.05, 4.69) is 6.58 Å². The molecule has 1 heterocycles. The molecule has 0 aromatic rings. The Balaban J connectivity index is 2.39. The Hall–Kier alpha value is -0.110. The Morgan fingerprint density at radius 1 is 1.78 bits per heavy atom. The molecule has 0 spiro atoms. The minimum Gasteiger partial charge on any atom is -0.259 e. The van der Waals surface area contributed by atoms with Crippen LogP contribution in [-0.2, 0) is 10.8 Å². The van der Waals surface area contributed by atoms with E-state index in [1.807, 2.05) is 6.08 Å². The van der Waals surface area contributed by atoms with E-state index < -0.39 is 10.8 Å². The normalized spacial score (nSPS) is 34.7. The smallest absolute Gasteiger partial charge is 0.0382 e. The van der Waals surface area contributed by atoms with E-state index in [9.17, 15) is 4.21 Å². The molecule has 0 aliphatic carbocycles. The molecule has 0 aromatic carbocycles. The molecule has 0 bridgehead atoms. The summed E-state index contributed by atoms with van der Waals surface area (Å²) in [6, 6.07) is 0. The highest BCUT2D eigenvalue weighted by Gasteiger charge is 2.20. The standard InChI is InChI=1S/C7H12OS/c1-2-4-7-5-3-6-9(7)8/h2,7H,1,3-6H2/t7-,9?/m1/s1. The third-order valence-electron chi connectivity index (χ3n) is 1.67. The first-order chi connectivity index (χ1) is 4.34.